The summed E-state index contributed by atoms with van der Waals surface area (Å²) < 4.78 is 11.5. The van der Waals surface area contributed by atoms with Crippen LogP contribution in [0.25, 0.3) is 0 Å². The van der Waals surface area contributed by atoms with Gasteiger partial charge in [-0.15, -0.1) is 0 Å². The first-order chi connectivity index (χ1) is 11.4. The Morgan fingerprint density at radius 3 is 2.35 bits per heavy atom. The molecule has 23 heavy (non-hydrogen) atoms. The number of thioether (sulfide) groups is 1. The quantitative estimate of drug-likeness (QED) is 0.365. The van der Waals surface area contributed by atoms with Crippen molar-refractivity contribution < 1.29 is 9.47 Å². The Balaban J connectivity index is 1.49. The molecule has 0 fully saturated rings. The van der Waals surface area contributed by atoms with E-state index < -0.39 is 0 Å². The smallest absolute Gasteiger partial charge is 0.187 e. The van der Waals surface area contributed by atoms with Crippen LogP contribution in [0.3, 0.4) is 0 Å². The van der Waals surface area contributed by atoms with Gasteiger partial charge in [0.05, 0.1) is 6.61 Å². The molecule has 0 N–H and O–H groups in total. The molecule has 0 saturated carbocycles. The molecule has 3 rings (SSSR count). The van der Waals surface area contributed by atoms with Crippen molar-refractivity contribution in [2.75, 3.05) is 12.4 Å². The first-order valence-electron chi connectivity index (χ1n) is 7.26. The number of hydrogen-bond donors (Lipinski definition) is 0. The highest BCUT2D eigenvalue weighted by molar-refractivity contribution is 7.99. The van der Waals surface area contributed by atoms with Gasteiger partial charge in [0, 0.05) is 24.2 Å². The van der Waals surface area contributed by atoms with E-state index in [2.05, 4.69) is 9.97 Å². The van der Waals surface area contributed by atoms with Gasteiger partial charge in [0.2, 0.25) is 0 Å². The van der Waals surface area contributed by atoms with Crippen LogP contribution in [0.2, 0.25) is 0 Å². The molecule has 1 aromatic heterocycles. The van der Waals surface area contributed by atoms with E-state index in [1.807, 2.05) is 54.6 Å². The van der Waals surface area contributed by atoms with Crippen LogP contribution < -0.4 is 9.47 Å². The fourth-order valence-corrected chi connectivity index (χ4v) is 2.52. The summed E-state index contributed by atoms with van der Waals surface area (Å²) in [4.78, 5) is 8.32. The van der Waals surface area contributed by atoms with Crippen LogP contribution in [0.1, 0.15) is 0 Å². The number of aromatic nitrogens is 2. The van der Waals surface area contributed by atoms with Crippen LogP contribution in [0.4, 0.5) is 0 Å². The Kier molecular flexibility index (Phi) is 5.48. The van der Waals surface area contributed by atoms with Crippen LogP contribution in [-0.4, -0.2) is 22.3 Å². The second-order valence-electron chi connectivity index (χ2n) is 4.62. The molecule has 0 aliphatic carbocycles. The second kappa shape index (κ2) is 8.19. The van der Waals surface area contributed by atoms with Gasteiger partial charge in [0.15, 0.2) is 5.16 Å². The minimum atomic E-state index is 0.581. The Morgan fingerprint density at radius 2 is 1.52 bits per heavy atom. The van der Waals surface area contributed by atoms with Crippen molar-refractivity contribution in [1.29, 1.82) is 0 Å². The average molecular weight is 324 g/mol. The molecule has 1 heterocycles. The van der Waals surface area contributed by atoms with Crippen LogP contribution in [0.5, 0.6) is 17.2 Å². The zero-order valence-corrected chi connectivity index (χ0v) is 13.3. The highest BCUT2D eigenvalue weighted by atomic mass is 32.2. The fourth-order valence-electron chi connectivity index (χ4n) is 1.90. The lowest BCUT2D eigenvalue weighted by atomic mass is 10.3. The zero-order chi connectivity index (χ0) is 15.7. The molecule has 0 spiro atoms. The molecular formula is C18H16N2O2S. The van der Waals surface area contributed by atoms with Gasteiger partial charge >= 0.3 is 0 Å². The predicted molar refractivity (Wildman–Crippen MR) is 91.2 cm³/mol. The Bertz CT molecular complexity index is 723. The summed E-state index contributed by atoms with van der Waals surface area (Å²) in [5.41, 5.74) is 0. The molecule has 116 valence electrons. The zero-order valence-electron chi connectivity index (χ0n) is 12.5. The third kappa shape index (κ3) is 5.00. The van der Waals surface area contributed by atoms with Gasteiger partial charge in [-0.3, -0.25) is 0 Å². The summed E-state index contributed by atoms with van der Waals surface area (Å²) in [6, 6.07) is 19.1. The molecule has 2 aromatic carbocycles. The van der Waals surface area contributed by atoms with Crippen LogP contribution in [-0.2, 0) is 0 Å². The highest BCUT2D eigenvalue weighted by Gasteiger charge is 2.01. The van der Waals surface area contributed by atoms with Crippen LogP contribution >= 0.6 is 11.8 Å². The molecule has 0 amide bonds. The van der Waals surface area contributed by atoms with E-state index in [9.17, 15) is 0 Å². The molecular weight excluding hydrogens is 308 g/mol. The summed E-state index contributed by atoms with van der Waals surface area (Å²) in [5, 5.41) is 0.761. The van der Waals surface area contributed by atoms with Crippen molar-refractivity contribution in [2.24, 2.45) is 0 Å². The second-order valence-corrected chi connectivity index (χ2v) is 5.68. The van der Waals surface area contributed by atoms with Crippen LogP contribution in [0.15, 0.2) is 78.2 Å². The maximum absolute atomic E-state index is 5.79. The highest BCUT2D eigenvalue weighted by Crippen LogP contribution is 2.25. The topological polar surface area (TPSA) is 44.2 Å². The van der Waals surface area contributed by atoms with Gasteiger partial charge in [-0.2, -0.15) is 0 Å². The van der Waals surface area contributed by atoms with Crippen molar-refractivity contribution in [1.82, 2.24) is 9.97 Å². The Hall–Kier alpha value is -2.53. The van der Waals surface area contributed by atoms with Gasteiger partial charge in [-0.05, 0) is 30.3 Å². The van der Waals surface area contributed by atoms with Crippen molar-refractivity contribution >= 4 is 11.8 Å². The molecule has 4 nitrogen and oxygen atoms in total. The molecule has 0 saturated heterocycles. The molecule has 0 atom stereocenters. The molecule has 0 aliphatic rings. The van der Waals surface area contributed by atoms with E-state index in [0.29, 0.717) is 6.61 Å². The largest absolute Gasteiger partial charge is 0.493 e. The number of benzene rings is 2. The predicted octanol–water partition coefficient (Wildman–Crippen LogP) is 4.44. The van der Waals surface area contributed by atoms with Crippen LogP contribution in [0, 0.1) is 0 Å². The van der Waals surface area contributed by atoms with Crippen molar-refractivity contribution in [3.05, 3.63) is 73.1 Å². The van der Waals surface area contributed by atoms with Gasteiger partial charge < -0.3 is 9.47 Å². The van der Waals surface area contributed by atoms with Gasteiger partial charge in [0.25, 0.3) is 0 Å². The number of ether oxygens (including phenoxy) is 2. The number of hydrogen-bond acceptors (Lipinski definition) is 5. The van der Waals surface area contributed by atoms with E-state index in [1.165, 1.54) is 0 Å². The molecule has 0 radical (unpaired) electrons. The third-order valence-corrected chi connectivity index (χ3v) is 3.75. The van der Waals surface area contributed by atoms with E-state index in [-0.39, 0.29) is 0 Å². The fraction of sp³-hybridized carbons (Fsp3) is 0.111. The SMILES string of the molecule is c1ccc(Oc2cccc(OCCSc3ncccn3)c2)cc1. The molecule has 5 heteroatoms. The minimum Gasteiger partial charge on any atom is -0.493 e. The summed E-state index contributed by atoms with van der Waals surface area (Å²) in [7, 11) is 0. The summed E-state index contributed by atoms with van der Waals surface area (Å²) in [6.45, 7) is 0.581. The lowest BCUT2D eigenvalue weighted by molar-refractivity contribution is 0.341. The number of nitrogens with zero attached hydrogens (tertiary/aromatic N) is 2. The maximum atomic E-state index is 5.79. The molecule has 0 bridgehead atoms. The standard InChI is InChI=1S/C18H16N2O2S/c1-2-6-15(7-3-1)22-17-9-4-8-16(14-17)21-12-13-23-18-19-10-5-11-20-18/h1-11,14H,12-13H2. The van der Waals surface area contributed by atoms with Crippen molar-refractivity contribution in [3.8, 4) is 17.2 Å². The Morgan fingerprint density at radius 1 is 0.783 bits per heavy atom. The Labute approximate surface area is 139 Å². The number of para-hydroxylation sites is 1. The van der Waals surface area contributed by atoms with Gasteiger partial charge in [-0.1, -0.05) is 36.0 Å². The third-order valence-electron chi connectivity index (χ3n) is 2.91. The summed E-state index contributed by atoms with van der Waals surface area (Å²) >= 11 is 1.57. The van der Waals surface area contributed by atoms with Crippen molar-refractivity contribution in [3.63, 3.8) is 0 Å². The monoisotopic (exact) mass is 324 g/mol. The van der Waals surface area contributed by atoms with Crippen molar-refractivity contribution in [2.45, 2.75) is 5.16 Å². The normalized spacial score (nSPS) is 10.3. The molecule has 0 aliphatic heterocycles. The lowest BCUT2D eigenvalue weighted by Crippen LogP contribution is -2.01. The van der Waals surface area contributed by atoms with Gasteiger partial charge in [-0.25, -0.2) is 9.97 Å². The van der Waals surface area contributed by atoms with E-state index in [0.717, 1.165) is 28.2 Å². The average Bonchev–Trinajstić information content (AvgIpc) is 2.61. The maximum Gasteiger partial charge on any atom is 0.187 e. The first kappa shape index (κ1) is 15.4. The first-order valence-corrected chi connectivity index (χ1v) is 8.24. The van der Waals surface area contributed by atoms with Gasteiger partial charge in [0.1, 0.15) is 17.2 Å². The molecule has 3 aromatic rings. The van der Waals surface area contributed by atoms with E-state index in [4.69, 9.17) is 9.47 Å². The van der Waals surface area contributed by atoms with E-state index in [1.54, 1.807) is 30.2 Å². The summed E-state index contributed by atoms with van der Waals surface area (Å²) in [5.74, 6) is 3.13. The van der Waals surface area contributed by atoms with E-state index >= 15 is 0 Å². The molecule has 0 unspecified atom stereocenters. The number of rotatable bonds is 7. The lowest BCUT2D eigenvalue weighted by Gasteiger charge is -2.09. The minimum absolute atomic E-state index is 0.581. The summed E-state index contributed by atoms with van der Waals surface area (Å²) in [6.07, 6.45) is 3.47.